The number of pyridine rings is 1. The van der Waals surface area contributed by atoms with Gasteiger partial charge in [-0.1, -0.05) is 17.7 Å². The van der Waals surface area contributed by atoms with E-state index in [0.29, 0.717) is 29.6 Å². The van der Waals surface area contributed by atoms with E-state index in [1.54, 1.807) is 36.5 Å². The van der Waals surface area contributed by atoms with Crippen LogP contribution in [0.4, 0.5) is 0 Å². The van der Waals surface area contributed by atoms with Gasteiger partial charge < -0.3 is 19.6 Å². The number of hydrogen-bond donors (Lipinski definition) is 1. The highest BCUT2D eigenvalue weighted by Crippen LogP contribution is 2.40. The van der Waals surface area contributed by atoms with Crippen LogP contribution in [0, 0.1) is 0 Å². The van der Waals surface area contributed by atoms with Crippen molar-refractivity contribution in [2.75, 3.05) is 34.3 Å². The number of aromatic nitrogens is 1. The highest BCUT2D eigenvalue weighted by molar-refractivity contribution is 6.46. The van der Waals surface area contributed by atoms with Crippen molar-refractivity contribution in [3.05, 3.63) is 64.4 Å². The zero-order valence-electron chi connectivity index (χ0n) is 16.4. The molecular weight excluding hydrogens is 394 g/mol. The van der Waals surface area contributed by atoms with Gasteiger partial charge in [0.05, 0.1) is 23.9 Å². The number of carbonyl (C=O) groups is 2. The number of ether oxygens (including phenoxy) is 1. The van der Waals surface area contributed by atoms with Crippen LogP contribution in [0.2, 0.25) is 5.02 Å². The average Bonchev–Trinajstić information content (AvgIpc) is 2.97. The van der Waals surface area contributed by atoms with Gasteiger partial charge in [-0.3, -0.25) is 14.6 Å². The van der Waals surface area contributed by atoms with Crippen molar-refractivity contribution in [1.29, 1.82) is 0 Å². The maximum Gasteiger partial charge on any atom is 0.295 e. The Hall–Kier alpha value is -2.90. The molecule has 0 aliphatic carbocycles. The van der Waals surface area contributed by atoms with E-state index in [1.165, 1.54) is 18.1 Å². The lowest BCUT2D eigenvalue weighted by Crippen LogP contribution is -2.35. The summed E-state index contributed by atoms with van der Waals surface area (Å²) in [7, 11) is 5.21. The lowest BCUT2D eigenvalue weighted by Gasteiger charge is -2.25. The Balaban J connectivity index is 2.19. The number of halogens is 1. The van der Waals surface area contributed by atoms with Crippen molar-refractivity contribution in [2.45, 2.75) is 6.04 Å². The molecule has 7 nitrogen and oxygen atoms in total. The molecule has 1 atom stereocenters. The number of likely N-dealkylation sites (tertiary alicyclic amines) is 1. The standard InChI is InChI=1S/C21H22ClN3O4/c1-24(2)10-11-25-18(15-6-4-5-9-23-15)17(20(27)21(25)28)19(26)14-12-13(22)7-8-16(14)29-3/h4-9,12,18,26H,10-11H2,1-3H3/b19-17+/t18-/m1/s1. The van der Waals surface area contributed by atoms with E-state index in [1.807, 2.05) is 19.0 Å². The summed E-state index contributed by atoms with van der Waals surface area (Å²) in [5.74, 6) is -1.44. The fraction of sp³-hybridized carbons (Fsp3) is 0.286. The van der Waals surface area contributed by atoms with Gasteiger partial charge >= 0.3 is 0 Å². The van der Waals surface area contributed by atoms with Crippen LogP contribution < -0.4 is 4.74 Å². The topological polar surface area (TPSA) is 83.0 Å². The van der Waals surface area contributed by atoms with Gasteiger partial charge in [0.15, 0.2) is 0 Å². The van der Waals surface area contributed by atoms with Crippen LogP contribution in [0.25, 0.3) is 5.76 Å². The highest BCUT2D eigenvalue weighted by Gasteiger charge is 2.46. The fourth-order valence-corrected chi connectivity index (χ4v) is 3.45. The lowest BCUT2D eigenvalue weighted by atomic mass is 9.98. The van der Waals surface area contributed by atoms with Gasteiger partial charge in [0.25, 0.3) is 11.7 Å². The van der Waals surface area contributed by atoms with Gasteiger partial charge in [-0.2, -0.15) is 0 Å². The number of methoxy groups -OCH3 is 1. The molecule has 1 aliphatic rings. The minimum Gasteiger partial charge on any atom is -0.507 e. The van der Waals surface area contributed by atoms with Crippen LogP contribution in [-0.2, 0) is 9.59 Å². The van der Waals surface area contributed by atoms with E-state index in [-0.39, 0.29) is 16.9 Å². The van der Waals surface area contributed by atoms with Gasteiger partial charge in [0, 0.05) is 24.3 Å². The summed E-state index contributed by atoms with van der Waals surface area (Å²) in [4.78, 5) is 33.4. The van der Waals surface area contributed by atoms with E-state index < -0.39 is 17.7 Å². The molecule has 2 aromatic rings. The molecule has 1 fully saturated rings. The number of hydrogen-bond acceptors (Lipinski definition) is 6. The molecule has 1 N–H and O–H groups in total. The van der Waals surface area contributed by atoms with E-state index in [0.717, 1.165) is 0 Å². The highest BCUT2D eigenvalue weighted by atomic mass is 35.5. The van der Waals surface area contributed by atoms with E-state index in [9.17, 15) is 14.7 Å². The maximum absolute atomic E-state index is 12.9. The smallest absolute Gasteiger partial charge is 0.295 e. The summed E-state index contributed by atoms with van der Waals surface area (Å²) >= 11 is 6.09. The summed E-state index contributed by atoms with van der Waals surface area (Å²) in [6.45, 7) is 0.860. The second-order valence-corrected chi connectivity index (χ2v) is 7.33. The molecule has 0 saturated carbocycles. The minimum absolute atomic E-state index is 0.0342. The number of amides is 1. The third kappa shape index (κ3) is 4.11. The molecule has 1 amide bonds. The van der Waals surface area contributed by atoms with Gasteiger partial charge in [-0.05, 0) is 44.4 Å². The third-order valence-corrected chi connectivity index (χ3v) is 4.95. The molecule has 8 heteroatoms. The van der Waals surface area contributed by atoms with Crippen LogP contribution in [0.1, 0.15) is 17.3 Å². The van der Waals surface area contributed by atoms with Crippen LogP contribution in [0.3, 0.4) is 0 Å². The van der Waals surface area contributed by atoms with Crippen LogP contribution in [0.15, 0.2) is 48.2 Å². The first-order valence-electron chi connectivity index (χ1n) is 9.03. The number of carbonyl (C=O) groups excluding carboxylic acids is 2. The minimum atomic E-state index is -0.806. The van der Waals surface area contributed by atoms with Crippen molar-refractivity contribution in [1.82, 2.24) is 14.8 Å². The SMILES string of the molecule is COc1ccc(Cl)cc1/C(O)=C1\C(=O)C(=O)N(CCN(C)C)[C@@H]1c1ccccn1. The number of nitrogens with zero attached hydrogens (tertiary/aromatic N) is 3. The second-order valence-electron chi connectivity index (χ2n) is 6.89. The van der Waals surface area contributed by atoms with Crippen molar-refractivity contribution >= 4 is 29.1 Å². The van der Waals surface area contributed by atoms with Crippen molar-refractivity contribution < 1.29 is 19.4 Å². The number of ketones is 1. The lowest BCUT2D eigenvalue weighted by molar-refractivity contribution is -0.140. The molecule has 1 aromatic heterocycles. The van der Waals surface area contributed by atoms with Crippen molar-refractivity contribution in [2.24, 2.45) is 0 Å². The number of aliphatic hydroxyl groups excluding tert-OH is 1. The third-order valence-electron chi connectivity index (χ3n) is 4.71. The van der Waals surface area contributed by atoms with E-state index in [2.05, 4.69) is 4.98 Å². The molecule has 152 valence electrons. The Bertz CT molecular complexity index is 960. The zero-order chi connectivity index (χ0) is 21.1. The van der Waals surface area contributed by atoms with Gasteiger partial charge in [0.1, 0.15) is 17.6 Å². The largest absolute Gasteiger partial charge is 0.507 e. The van der Waals surface area contributed by atoms with Gasteiger partial charge in [-0.25, -0.2) is 0 Å². The molecule has 0 radical (unpaired) electrons. The predicted molar refractivity (Wildman–Crippen MR) is 110 cm³/mol. The monoisotopic (exact) mass is 415 g/mol. The average molecular weight is 416 g/mol. The normalized spacial score (nSPS) is 18.5. The fourth-order valence-electron chi connectivity index (χ4n) is 3.27. The molecule has 1 aliphatic heterocycles. The Kier molecular flexibility index (Phi) is 6.20. The zero-order valence-corrected chi connectivity index (χ0v) is 17.2. The molecule has 3 rings (SSSR count). The maximum atomic E-state index is 12.9. The van der Waals surface area contributed by atoms with Crippen molar-refractivity contribution in [3.8, 4) is 5.75 Å². The van der Waals surface area contributed by atoms with E-state index >= 15 is 0 Å². The molecule has 1 aromatic carbocycles. The number of benzene rings is 1. The second kappa shape index (κ2) is 8.63. The van der Waals surface area contributed by atoms with Gasteiger partial charge in [0.2, 0.25) is 0 Å². The Morgan fingerprint density at radius 3 is 2.66 bits per heavy atom. The molecule has 29 heavy (non-hydrogen) atoms. The summed E-state index contributed by atoms with van der Waals surface area (Å²) in [5, 5.41) is 11.4. The number of Topliss-reactive ketones (excluding diaryl/α,β-unsaturated/α-hetero) is 1. The Morgan fingerprint density at radius 2 is 2.03 bits per heavy atom. The van der Waals surface area contributed by atoms with E-state index in [4.69, 9.17) is 16.3 Å². The predicted octanol–water partition coefficient (Wildman–Crippen LogP) is 2.73. The summed E-state index contributed by atoms with van der Waals surface area (Å²) in [6.07, 6.45) is 1.58. The number of likely N-dealkylation sites (N-methyl/N-ethyl adjacent to an activating group) is 1. The summed E-state index contributed by atoms with van der Waals surface area (Å²) in [6, 6.07) is 9.14. The first-order valence-corrected chi connectivity index (χ1v) is 9.41. The Morgan fingerprint density at radius 1 is 1.28 bits per heavy atom. The molecule has 2 heterocycles. The quantitative estimate of drug-likeness (QED) is 0.443. The molecular formula is C21H22ClN3O4. The van der Waals surface area contributed by atoms with Crippen LogP contribution in [-0.4, -0.2) is 65.9 Å². The Labute approximate surface area is 174 Å². The van der Waals surface area contributed by atoms with Gasteiger partial charge in [-0.15, -0.1) is 0 Å². The molecule has 0 unspecified atom stereocenters. The molecule has 0 bridgehead atoms. The number of aliphatic hydroxyl groups is 1. The van der Waals surface area contributed by atoms with Crippen LogP contribution >= 0.6 is 11.6 Å². The van der Waals surface area contributed by atoms with Crippen molar-refractivity contribution in [3.63, 3.8) is 0 Å². The first-order chi connectivity index (χ1) is 13.8. The summed E-state index contributed by atoms with van der Waals surface area (Å²) in [5.41, 5.74) is 0.701. The molecule has 1 saturated heterocycles. The van der Waals surface area contributed by atoms with Crippen LogP contribution in [0.5, 0.6) is 5.75 Å². The summed E-state index contributed by atoms with van der Waals surface area (Å²) < 4.78 is 5.30. The first kappa shape index (κ1) is 20.8. The molecule has 0 spiro atoms. The number of rotatable bonds is 6.